The molecule has 0 unspecified atom stereocenters. The summed E-state index contributed by atoms with van der Waals surface area (Å²) in [7, 11) is 0. The monoisotopic (exact) mass is 358 g/mol. The van der Waals surface area contributed by atoms with E-state index in [1.807, 2.05) is 19.2 Å². The molecule has 25 heavy (non-hydrogen) atoms. The fourth-order valence-electron chi connectivity index (χ4n) is 2.55. The molecule has 128 valence electrons. The lowest BCUT2D eigenvalue weighted by Gasteiger charge is -2.07. The van der Waals surface area contributed by atoms with Crippen LogP contribution in [0.4, 0.5) is 13.9 Å². The van der Waals surface area contributed by atoms with Crippen LogP contribution in [0, 0.1) is 32.4 Å². The summed E-state index contributed by atoms with van der Waals surface area (Å²) < 4.78 is 26.5. The van der Waals surface area contributed by atoms with Gasteiger partial charge in [0.05, 0.1) is 5.69 Å². The van der Waals surface area contributed by atoms with Crippen LogP contribution in [-0.2, 0) is 0 Å². The van der Waals surface area contributed by atoms with E-state index in [9.17, 15) is 13.6 Å². The van der Waals surface area contributed by atoms with Gasteiger partial charge in [0, 0.05) is 22.6 Å². The first-order valence-corrected chi connectivity index (χ1v) is 8.52. The Morgan fingerprint density at radius 3 is 2.28 bits per heavy atom. The van der Waals surface area contributed by atoms with E-state index in [0.717, 1.165) is 40.6 Å². The zero-order valence-electron chi connectivity index (χ0n) is 14.0. The molecule has 3 rings (SSSR count). The summed E-state index contributed by atoms with van der Waals surface area (Å²) in [5.41, 5.74) is 5.13. The number of rotatable bonds is 3. The second-order valence-corrected chi connectivity index (χ2v) is 6.76. The zero-order chi connectivity index (χ0) is 18.1. The van der Waals surface area contributed by atoms with Crippen molar-refractivity contribution in [2.75, 3.05) is 5.32 Å². The molecule has 1 N–H and O–H groups in total. The van der Waals surface area contributed by atoms with Gasteiger partial charge in [0.1, 0.15) is 11.6 Å². The number of hydrogen-bond donors (Lipinski definition) is 1. The van der Waals surface area contributed by atoms with Crippen molar-refractivity contribution >= 4 is 22.4 Å². The van der Waals surface area contributed by atoms with Crippen LogP contribution in [0.3, 0.4) is 0 Å². The second kappa shape index (κ2) is 6.72. The van der Waals surface area contributed by atoms with Gasteiger partial charge in [-0.15, -0.1) is 11.3 Å². The number of carbonyl (C=O) groups excluding carboxylic acids is 1. The van der Waals surface area contributed by atoms with Gasteiger partial charge in [0.15, 0.2) is 5.13 Å². The molecular weight excluding hydrogens is 342 g/mol. The van der Waals surface area contributed by atoms with E-state index >= 15 is 0 Å². The van der Waals surface area contributed by atoms with Crippen molar-refractivity contribution in [3.05, 3.63) is 69.6 Å². The Bertz CT molecular complexity index is 946. The van der Waals surface area contributed by atoms with E-state index in [4.69, 9.17) is 0 Å². The highest BCUT2D eigenvalue weighted by Crippen LogP contribution is 2.29. The summed E-state index contributed by atoms with van der Waals surface area (Å²) in [6, 6.07) is 6.85. The number of nitrogens with one attached hydrogen (secondary N) is 1. The summed E-state index contributed by atoms with van der Waals surface area (Å²) in [5.74, 6) is -2.19. The molecule has 0 saturated heterocycles. The fourth-order valence-corrected chi connectivity index (χ4v) is 3.25. The first-order valence-electron chi connectivity index (χ1n) is 7.64. The Balaban J connectivity index is 1.84. The van der Waals surface area contributed by atoms with E-state index in [-0.39, 0.29) is 5.56 Å². The van der Waals surface area contributed by atoms with Gasteiger partial charge in [0.25, 0.3) is 5.91 Å². The number of hydrogen-bond acceptors (Lipinski definition) is 3. The van der Waals surface area contributed by atoms with Gasteiger partial charge in [-0.25, -0.2) is 13.8 Å². The Kier molecular flexibility index (Phi) is 4.63. The molecule has 0 aliphatic rings. The van der Waals surface area contributed by atoms with E-state index in [0.29, 0.717) is 5.13 Å². The van der Waals surface area contributed by atoms with Crippen LogP contribution in [0.5, 0.6) is 0 Å². The molecule has 0 saturated carbocycles. The molecule has 3 aromatic rings. The number of thiazole rings is 1. The summed E-state index contributed by atoms with van der Waals surface area (Å²) in [6.45, 7) is 6.09. The number of nitrogens with zero attached hydrogens (tertiary/aromatic N) is 1. The predicted octanol–water partition coefficient (Wildman–Crippen LogP) is 5.27. The molecule has 0 aliphatic carbocycles. The van der Waals surface area contributed by atoms with Gasteiger partial charge < -0.3 is 0 Å². The Labute approximate surface area is 148 Å². The van der Waals surface area contributed by atoms with Crippen molar-refractivity contribution < 1.29 is 13.6 Å². The minimum Gasteiger partial charge on any atom is -0.298 e. The first kappa shape index (κ1) is 17.2. The number of amides is 1. The van der Waals surface area contributed by atoms with Crippen molar-refractivity contribution in [2.24, 2.45) is 0 Å². The highest BCUT2D eigenvalue weighted by atomic mass is 32.1. The first-order chi connectivity index (χ1) is 11.8. The zero-order valence-corrected chi connectivity index (χ0v) is 14.8. The molecule has 0 spiro atoms. The fraction of sp³-hybridized carbons (Fsp3) is 0.158. The van der Waals surface area contributed by atoms with Crippen molar-refractivity contribution in [3.63, 3.8) is 0 Å². The summed E-state index contributed by atoms with van der Waals surface area (Å²) >= 11 is 1.26. The van der Waals surface area contributed by atoms with Gasteiger partial charge in [-0.3, -0.25) is 10.1 Å². The molecule has 6 heteroatoms. The molecule has 0 fully saturated rings. The number of benzene rings is 2. The van der Waals surface area contributed by atoms with E-state index in [1.165, 1.54) is 16.9 Å². The van der Waals surface area contributed by atoms with Crippen LogP contribution < -0.4 is 5.32 Å². The maximum Gasteiger partial charge on any atom is 0.257 e. The molecule has 0 bridgehead atoms. The standard InChI is InChI=1S/C19H16F2N2OS/c1-10-4-12(3)16(5-11(10)2)17-9-25-19(22-17)23-18(24)13-6-14(20)8-15(21)7-13/h4-9H,1-3H3,(H,22,23,24). The highest BCUT2D eigenvalue weighted by Gasteiger charge is 2.13. The normalized spacial score (nSPS) is 10.8. The molecular formula is C19H16F2N2OS. The van der Waals surface area contributed by atoms with E-state index < -0.39 is 17.5 Å². The second-order valence-electron chi connectivity index (χ2n) is 5.90. The lowest BCUT2D eigenvalue weighted by atomic mass is 9.99. The third kappa shape index (κ3) is 3.74. The van der Waals surface area contributed by atoms with E-state index in [1.54, 1.807) is 0 Å². The van der Waals surface area contributed by atoms with Gasteiger partial charge in [-0.2, -0.15) is 0 Å². The van der Waals surface area contributed by atoms with Crippen LogP contribution in [0.1, 0.15) is 27.0 Å². The van der Waals surface area contributed by atoms with Gasteiger partial charge in [-0.05, 0) is 55.7 Å². The SMILES string of the molecule is Cc1cc(C)c(-c2csc(NC(=O)c3cc(F)cc(F)c3)n2)cc1C. The average Bonchev–Trinajstić information content (AvgIpc) is 2.98. The van der Waals surface area contributed by atoms with Gasteiger partial charge >= 0.3 is 0 Å². The highest BCUT2D eigenvalue weighted by molar-refractivity contribution is 7.14. The maximum absolute atomic E-state index is 13.2. The topological polar surface area (TPSA) is 42.0 Å². The number of carbonyl (C=O) groups is 1. The summed E-state index contributed by atoms with van der Waals surface area (Å²) in [5, 5.41) is 4.81. The molecule has 0 atom stereocenters. The smallest absolute Gasteiger partial charge is 0.257 e. The Hall–Kier alpha value is -2.60. The molecule has 3 nitrogen and oxygen atoms in total. The van der Waals surface area contributed by atoms with Gasteiger partial charge in [0.2, 0.25) is 0 Å². The summed E-state index contributed by atoms with van der Waals surface area (Å²) in [6.07, 6.45) is 0. The maximum atomic E-state index is 13.2. The number of aromatic nitrogens is 1. The molecule has 0 aliphatic heterocycles. The lowest BCUT2D eigenvalue weighted by molar-refractivity contribution is 0.102. The van der Waals surface area contributed by atoms with Gasteiger partial charge in [-0.1, -0.05) is 6.07 Å². The van der Waals surface area contributed by atoms with Crippen LogP contribution in [0.15, 0.2) is 35.7 Å². The Morgan fingerprint density at radius 2 is 1.60 bits per heavy atom. The number of halogens is 2. The number of aryl methyl sites for hydroxylation is 3. The van der Waals surface area contributed by atoms with Crippen molar-refractivity contribution in [1.82, 2.24) is 4.98 Å². The predicted molar refractivity (Wildman–Crippen MR) is 96.1 cm³/mol. The third-order valence-electron chi connectivity index (χ3n) is 3.97. The lowest BCUT2D eigenvalue weighted by Crippen LogP contribution is -2.12. The Morgan fingerprint density at radius 1 is 0.960 bits per heavy atom. The van der Waals surface area contributed by atoms with Crippen LogP contribution in [-0.4, -0.2) is 10.9 Å². The minimum atomic E-state index is -0.796. The molecule has 1 amide bonds. The van der Waals surface area contributed by atoms with Crippen molar-refractivity contribution in [3.8, 4) is 11.3 Å². The molecule has 1 aromatic heterocycles. The van der Waals surface area contributed by atoms with Crippen LogP contribution in [0.2, 0.25) is 0 Å². The van der Waals surface area contributed by atoms with E-state index in [2.05, 4.69) is 29.4 Å². The van der Waals surface area contributed by atoms with Crippen molar-refractivity contribution in [1.29, 1.82) is 0 Å². The number of anilines is 1. The minimum absolute atomic E-state index is 0.0865. The quantitative estimate of drug-likeness (QED) is 0.693. The summed E-state index contributed by atoms with van der Waals surface area (Å²) in [4.78, 5) is 16.6. The average molecular weight is 358 g/mol. The molecule has 1 heterocycles. The van der Waals surface area contributed by atoms with Crippen LogP contribution >= 0.6 is 11.3 Å². The molecule has 0 radical (unpaired) electrons. The largest absolute Gasteiger partial charge is 0.298 e. The van der Waals surface area contributed by atoms with Crippen LogP contribution in [0.25, 0.3) is 11.3 Å². The molecule has 2 aromatic carbocycles. The third-order valence-corrected chi connectivity index (χ3v) is 4.72. The van der Waals surface area contributed by atoms with Crippen molar-refractivity contribution in [2.45, 2.75) is 20.8 Å².